The second-order valence-corrected chi connectivity index (χ2v) is 9.20. The van der Waals surface area contributed by atoms with Gasteiger partial charge >= 0.3 is 0 Å². The molecule has 0 spiro atoms. The zero-order chi connectivity index (χ0) is 23.1. The number of allylic oxidation sites excluding steroid dienone is 1. The summed E-state index contributed by atoms with van der Waals surface area (Å²) in [6.07, 6.45) is 6.80. The fourth-order valence-electron chi connectivity index (χ4n) is 5.24. The third-order valence-electron chi connectivity index (χ3n) is 6.97. The highest BCUT2D eigenvalue weighted by atomic mass is 14.6. The van der Waals surface area contributed by atoms with Gasteiger partial charge in [-0.1, -0.05) is 103 Å². The van der Waals surface area contributed by atoms with Crippen LogP contribution in [-0.2, 0) is 6.42 Å². The number of anilines is 1. The van der Waals surface area contributed by atoms with E-state index in [0.29, 0.717) is 0 Å². The maximum Gasteiger partial charge on any atom is 0.0393 e. The smallest absolute Gasteiger partial charge is 0.0393 e. The van der Waals surface area contributed by atoms with Crippen molar-refractivity contribution in [2.24, 2.45) is 0 Å². The number of hydrogen-bond acceptors (Lipinski definition) is 1. The second-order valence-electron chi connectivity index (χ2n) is 9.20. The van der Waals surface area contributed by atoms with Gasteiger partial charge in [-0.15, -0.1) is 0 Å². The van der Waals surface area contributed by atoms with Gasteiger partial charge in [0.1, 0.15) is 0 Å². The van der Waals surface area contributed by atoms with Gasteiger partial charge in [0.25, 0.3) is 0 Å². The van der Waals surface area contributed by atoms with Crippen LogP contribution in [0.5, 0.6) is 0 Å². The molecule has 0 atom stereocenters. The molecule has 5 aromatic carbocycles. The lowest BCUT2D eigenvalue weighted by Gasteiger charge is -2.19. The van der Waals surface area contributed by atoms with Crippen LogP contribution in [0.1, 0.15) is 23.1 Å². The SMILES string of the molecule is Cc1ccc(-c2cc3c(c4ccccc24)C=CCC3)c(-c2ccc(-c3ccccc3N)cc2)c1. The van der Waals surface area contributed by atoms with E-state index < -0.39 is 0 Å². The molecule has 5 aromatic rings. The van der Waals surface area contributed by atoms with Crippen molar-refractivity contribution in [2.45, 2.75) is 19.8 Å². The molecule has 164 valence electrons. The molecule has 1 aliphatic rings. The quantitative estimate of drug-likeness (QED) is 0.281. The highest BCUT2D eigenvalue weighted by Gasteiger charge is 2.16. The van der Waals surface area contributed by atoms with Gasteiger partial charge in [-0.2, -0.15) is 0 Å². The Morgan fingerprint density at radius 3 is 2.12 bits per heavy atom. The minimum atomic E-state index is 0.807. The molecule has 0 aliphatic heterocycles. The summed E-state index contributed by atoms with van der Waals surface area (Å²) in [4.78, 5) is 0. The van der Waals surface area contributed by atoms with Gasteiger partial charge in [-0.25, -0.2) is 0 Å². The molecule has 0 saturated carbocycles. The van der Waals surface area contributed by atoms with Crippen LogP contribution < -0.4 is 5.73 Å². The Morgan fingerprint density at radius 2 is 1.32 bits per heavy atom. The fraction of sp³-hybridized carbons (Fsp3) is 0.0909. The molecule has 0 aromatic heterocycles. The van der Waals surface area contributed by atoms with Gasteiger partial charge in [0.2, 0.25) is 0 Å². The molecule has 0 unspecified atom stereocenters. The van der Waals surface area contributed by atoms with Crippen LogP contribution in [-0.4, -0.2) is 0 Å². The predicted octanol–water partition coefficient (Wildman–Crippen LogP) is 8.69. The topological polar surface area (TPSA) is 26.0 Å². The van der Waals surface area contributed by atoms with Crippen LogP contribution in [0.4, 0.5) is 5.69 Å². The van der Waals surface area contributed by atoms with E-state index in [9.17, 15) is 0 Å². The Labute approximate surface area is 201 Å². The molecule has 0 amide bonds. The number of aryl methyl sites for hydroxylation is 2. The lowest BCUT2D eigenvalue weighted by molar-refractivity contribution is 0.990. The average Bonchev–Trinajstić information content (AvgIpc) is 2.89. The van der Waals surface area contributed by atoms with E-state index in [1.165, 1.54) is 49.7 Å². The monoisotopic (exact) mass is 437 g/mol. The summed E-state index contributed by atoms with van der Waals surface area (Å²) in [5.41, 5.74) is 18.4. The molecular formula is C33H27N. The lowest BCUT2D eigenvalue weighted by atomic mass is 9.84. The number of hydrogen-bond donors (Lipinski definition) is 1. The minimum absolute atomic E-state index is 0.807. The molecule has 1 aliphatic carbocycles. The van der Waals surface area contributed by atoms with Gasteiger partial charge < -0.3 is 5.73 Å². The van der Waals surface area contributed by atoms with Crippen LogP contribution in [0, 0.1) is 6.92 Å². The first-order valence-corrected chi connectivity index (χ1v) is 12.0. The van der Waals surface area contributed by atoms with Gasteiger partial charge in [-0.05, 0) is 81.6 Å². The summed E-state index contributed by atoms with van der Waals surface area (Å²) in [7, 11) is 0. The van der Waals surface area contributed by atoms with Gasteiger partial charge in [0.15, 0.2) is 0 Å². The first kappa shape index (κ1) is 20.5. The Morgan fingerprint density at radius 1 is 0.618 bits per heavy atom. The Balaban J connectivity index is 1.53. The molecule has 0 fully saturated rings. The zero-order valence-corrected chi connectivity index (χ0v) is 19.4. The summed E-state index contributed by atoms with van der Waals surface area (Å²) in [5, 5.41) is 2.65. The van der Waals surface area contributed by atoms with E-state index in [1.54, 1.807) is 0 Å². The van der Waals surface area contributed by atoms with Crippen LogP contribution in [0.3, 0.4) is 0 Å². The molecule has 0 heterocycles. The van der Waals surface area contributed by atoms with Crippen LogP contribution in [0.2, 0.25) is 0 Å². The number of nitrogens with two attached hydrogens (primary N) is 1. The van der Waals surface area contributed by atoms with Gasteiger partial charge in [0.05, 0.1) is 0 Å². The van der Waals surface area contributed by atoms with Crippen molar-refractivity contribution in [3.63, 3.8) is 0 Å². The molecule has 1 nitrogen and oxygen atoms in total. The molecule has 0 radical (unpaired) electrons. The van der Waals surface area contributed by atoms with E-state index in [-0.39, 0.29) is 0 Å². The van der Waals surface area contributed by atoms with Crippen molar-refractivity contribution in [1.82, 2.24) is 0 Å². The second kappa shape index (κ2) is 8.35. The Kier molecular flexibility index (Phi) is 5.04. The molecule has 0 saturated heterocycles. The van der Waals surface area contributed by atoms with Crippen LogP contribution >= 0.6 is 0 Å². The largest absolute Gasteiger partial charge is 0.398 e. The lowest BCUT2D eigenvalue weighted by Crippen LogP contribution is -1.98. The highest BCUT2D eigenvalue weighted by molar-refractivity contribution is 6.05. The van der Waals surface area contributed by atoms with Crippen molar-refractivity contribution in [2.75, 3.05) is 5.73 Å². The summed E-state index contributed by atoms with van der Waals surface area (Å²) < 4.78 is 0. The van der Waals surface area contributed by atoms with Crippen LogP contribution in [0.25, 0.3) is 50.2 Å². The number of para-hydroxylation sites is 1. The number of nitrogen functional groups attached to an aromatic ring is 1. The minimum Gasteiger partial charge on any atom is -0.398 e. The van der Waals surface area contributed by atoms with E-state index in [2.05, 4.69) is 97.9 Å². The van der Waals surface area contributed by atoms with Crippen molar-refractivity contribution >= 4 is 22.5 Å². The summed E-state index contributed by atoms with van der Waals surface area (Å²) >= 11 is 0. The fourth-order valence-corrected chi connectivity index (χ4v) is 5.24. The third kappa shape index (κ3) is 3.50. The van der Waals surface area contributed by atoms with Gasteiger partial charge in [-0.3, -0.25) is 0 Å². The first-order valence-electron chi connectivity index (χ1n) is 12.0. The van der Waals surface area contributed by atoms with Crippen LogP contribution in [0.15, 0.2) is 103 Å². The molecule has 1 heteroatoms. The van der Waals surface area contributed by atoms with Crippen molar-refractivity contribution in [3.8, 4) is 33.4 Å². The Hall–Kier alpha value is -4.10. The number of fused-ring (bicyclic) bond motifs is 3. The van der Waals surface area contributed by atoms with E-state index in [1.807, 2.05) is 18.2 Å². The number of rotatable bonds is 3. The first-order chi connectivity index (χ1) is 16.7. The van der Waals surface area contributed by atoms with Gasteiger partial charge in [0, 0.05) is 11.3 Å². The number of benzene rings is 5. The van der Waals surface area contributed by atoms with Crippen molar-refractivity contribution in [1.29, 1.82) is 0 Å². The summed E-state index contributed by atoms with van der Waals surface area (Å²) in [6, 6.07) is 35.0. The Bertz CT molecular complexity index is 1550. The molecule has 2 N–H and O–H groups in total. The van der Waals surface area contributed by atoms with Crippen molar-refractivity contribution in [3.05, 3.63) is 120 Å². The maximum atomic E-state index is 6.23. The zero-order valence-electron chi connectivity index (χ0n) is 19.4. The third-order valence-corrected chi connectivity index (χ3v) is 6.97. The predicted molar refractivity (Wildman–Crippen MR) is 147 cm³/mol. The van der Waals surface area contributed by atoms with E-state index >= 15 is 0 Å². The van der Waals surface area contributed by atoms with E-state index in [0.717, 1.165) is 29.7 Å². The van der Waals surface area contributed by atoms with Crippen molar-refractivity contribution < 1.29 is 0 Å². The molecule has 6 rings (SSSR count). The summed E-state index contributed by atoms with van der Waals surface area (Å²) in [5.74, 6) is 0. The standard InChI is InChI=1S/C33H27N/c1-22-14-19-30(32-21-25-8-2-3-9-26(25)28-11-4-5-12-29(28)32)31(20-22)24-17-15-23(16-18-24)27-10-6-7-13-33(27)34/h3-7,9-21H,2,8,34H2,1H3. The highest BCUT2D eigenvalue weighted by Crippen LogP contribution is 2.41. The normalized spacial score (nSPS) is 12.6. The molecule has 34 heavy (non-hydrogen) atoms. The molecular weight excluding hydrogens is 410 g/mol. The summed E-state index contributed by atoms with van der Waals surface area (Å²) in [6.45, 7) is 2.17. The van der Waals surface area contributed by atoms with E-state index in [4.69, 9.17) is 5.73 Å². The average molecular weight is 438 g/mol. The maximum absolute atomic E-state index is 6.23. The molecule has 0 bridgehead atoms.